The summed E-state index contributed by atoms with van der Waals surface area (Å²) in [5.74, 6) is 1.18. The van der Waals surface area contributed by atoms with E-state index in [1.165, 1.54) is 92.1 Å². The van der Waals surface area contributed by atoms with E-state index in [2.05, 4.69) is 27.6 Å². The number of nitrogens with zero attached hydrogens (tertiary/aromatic N) is 6. The van der Waals surface area contributed by atoms with Gasteiger partial charge < -0.3 is 10.2 Å². The minimum Gasteiger partial charge on any atom is -0.396 e. The van der Waals surface area contributed by atoms with Crippen molar-refractivity contribution in [3.05, 3.63) is 85.3 Å². The molecule has 41 heavy (non-hydrogen) atoms. The molecule has 0 bridgehead atoms. The highest BCUT2D eigenvalue weighted by Gasteiger charge is 2.09. The predicted octanol–water partition coefficient (Wildman–Crippen LogP) is 6.63. The fraction of sp³-hybridized carbons (Fsp3) is 0.318. The molecule has 2 N–H and O–H groups in total. The summed E-state index contributed by atoms with van der Waals surface area (Å²) in [5.41, 5.74) is -0.165. The lowest BCUT2D eigenvalue weighted by atomic mass is 10.4. The Hall–Kier alpha value is -2.68. The van der Waals surface area contributed by atoms with Gasteiger partial charge in [0.2, 0.25) is 0 Å². The highest BCUT2D eigenvalue weighted by Crippen LogP contribution is 2.35. The fourth-order valence-electron chi connectivity index (χ4n) is 1.81. The van der Waals surface area contributed by atoms with Crippen LogP contribution in [-0.4, -0.2) is 64.7 Å². The van der Waals surface area contributed by atoms with Gasteiger partial charge in [-0.2, -0.15) is 12.6 Å². The van der Waals surface area contributed by atoms with Gasteiger partial charge in [0.25, 0.3) is 17.1 Å². The summed E-state index contributed by atoms with van der Waals surface area (Å²) in [6.07, 6.45) is 3.57. The zero-order valence-electron chi connectivity index (χ0n) is 19.1. The predicted molar refractivity (Wildman–Crippen MR) is 171 cm³/mol. The van der Waals surface area contributed by atoms with Crippen LogP contribution >= 0.6 is 55.8 Å². The van der Waals surface area contributed by atoms with E-state index < -0.39 is 14.8 Å². The average Bonchev–Trinajstić information content (AvgIpc) is 2.93. The number of aliphatic hydroxyl groups excluding tert-OH is 2. The molecule has 0 aliphatic heterocycles. The number of hydrogen-bond acceptors (Lipinski definition) is 16. The monoisotopic (exact) mass is 668 g/mol. The lowest BCUT2D eigenvalue weighted by Gasteiger charge is -1.99. The molecule has 3 aromatic heterocycles. The molecule has 3 rings (SSSR count). The lowest BCUT2D eigenvalue weighted by molar-refractivity contribution is -0.385. The third kappa shape index (κ3) is 18.4. The maximum atomic E-state index is 10.5. The minimum absolute atomic E-state index is 0. The van der Waals surface area contributed by atoms with Crippen molar-refractivity contribution in [1.29, 1.82) is 0 Å². The molecule has 19 heteroatoms. The molecule has 3 heterocycles. The van der Waals surface area contributed by atoms with Crippen LogP contribution in [0.25, 0.3) is 0 Å². The standard InChI is InChI=1S/C10H6N4O4S2.C7H8N2O3S2.C2H6OS.3CH4/c15-13(16)7-1-3-9(11-5-7)19-20-10-4-2-8(6-12-10)14(17)18;10-3-4-13-14-7-2-1-6(5-8-7)9(11)12;3-1-2-4;;;/h1-6H;1-2,5,10H,3-4H2;3-4H,1-2H2;3*1H4. The van der Waals surface area contributed by atoms with E-state index in [-0.39, 0.29) is 52.6 Å². The fourth-order valence-corrected chi connectivity index (χ4v) is 5.16. The molecule has 0 aliphatic rings. The Morgan fingerprint density at radius 2 is 0.951 bits per heavy atom. The van der Waals surface area contributed by atoms with E-state index in [1.54, 1.807) is 6.07 Å². The van der Waals surface area contributed by atoms with Crippen LogP contribution < -0.4 is 0 Å². The molecule has 0 aliphatic carbocycles. The Balaban J connectivity index is -0.000000608. The first-order valence-corrected chi connectivity index (χ1v) is 15.1. The second kappa shape index (κ2) is 25.1. The Morgan fingerprint density at radius 3 is 1.17 bits per heavy atom. The van der Waals surface area contributed by atoms with Crippen LogP contribution in [0.3, 0.4) is 0 Å². The highest BCUT2D eigenvalue weighted by molar-refractivity contribution is 8.77. The van der Waals surface area contributed by atoms with Crippen LogP contribution in [0.5, 0.6) is 0 Å². The number of hydrogen-bond donors (Lipinski definition) is 3. The van der Waals surface area contributed by atoms with E-state index in [4.69, 9.17) is 10.2 Å². The van der Waals surface area contributed by atoms with E-state index >= 15 is 0 Å². The number of rotatable bonds is 11. The first kappa shape index (κ1) is 42.8. The Bertz CT molecular complexity index is 1090. The van der Waals surface area contributed by atoms with Gasteiger partial charge in [-0.3, -0.25) is 30.3 Å². The van der Waals surface area contributed by atoms with E-state index in [1.807, 2.05) is 0 Å². The average molecular weight is 669 g/mol. The summed E-state index contributed by atoms with van der Waals surface area (Å²) in [6, 6.07) is 8.78. The van der Waals surface area contributed by atoms with Crippen LogP contribution in [-0.2, 0) is 0 Å². The van der Waals surface area contributed by atoms with E-state index in [9.17, 15) is 30.3 Å². The maximum absolute atomic E-state index is 10.5. The first-order valence-electron chi connectivity index (χ1n) is 9.99. The minimum atomic E-state index is -0.521. The number of pyridine rings is 3. The SMILES string of the molecule is C.C.C.O=[N+]([O-])c1ccc(SSCCO)nc1.O=[N+]([O-])c1ccc(SSc2ccc([N+](=O)[O-])cn2)nc1.OCCS. The van der Waals surface area contributed by atoms with Crippen molar-refractivity contribution >= 4 is 72.9 Å². The molecule has 0 atom stereocenters. The molecule has 0 unspecified atom stereocenters. The van der Waals surface area contributed by atoms with Crippen LogP contribution in [0.1, 0.15) is 22.3 Å². The third-order valence-electron chi connectivity index (χ3n) is 3.43. The van der Waals surface area contributed by atoms with Crippen molar-refractivity contribution in [1.82, 2.24) is 15.0 Å². The van der Waals surface area contributed by atoms with Crippen LogP contribution in [0, 0.1) is 30.3 Å². The lowest BCUT2D eigenvalue weighted by Crippen LogP contribution is -1.89. The molecule has 0 amide bonds. The quantitative estimate of drug-likeness (QED) is 0.0643. The molecule has 0 saturated heterocycles. The van der Waals surface area contributed by atoms with Crippen molar-refractivity contribution in [2.75, 3.05) is 24.7 Å². The molecule has 228 valence electrons. The van der Waals surface area contributed by atoms with Gasteiger partial charge >= 0.3 is 0 Å². The maximum Gasteiger partial charge on any atom is 0.287 e. The summed E-state index contributed by atoms with van der Waals surface area (Å²) in [6.45, 7) is 0.299. The van der Waals surface area contributed by atoms with Gasteiger partial charge in [0.15, 0.2) is 0 Å². The summed E-state index contributed by atoms with van der Waals surface area (Å²) >= 11 is 3.67. The largest absolute Gasteiger partial charge is 0.396 e. The molecule has 0 spiro atoms. The molecular formula is C22H32N6O8S5. The van der Waals surface area contributed by atoms with Gasteiger partial charge in [0.1, 0.15) is 33.7 Å². The number of aliphatic hydroxyl groups is 2. The molecule has 3 aromatic rings. The van der Waals surface area contributed by atoms with Gasteiger partial charge in [-0.1, -0.05) is 33.1 Å². The van der Waals surface area contributed by atoms with Gasteiger partial charge in [-0.25, -0.2) is 15.0 Å². The van der Waals surface area contributed by atoms with Crippen LogP contribution in [0.4, 0.5) is 17.1 Å². The van der Waals surface area contributed by atoms with Crippen LogP contribution in [0.2, 0.25) is 0 Å². The highest BCUT2D eigenvalue weighted by atomic mass is 33.1. The topological polar surface area (TPSA) is 209 Å². The molecular weight excluding hydrogens is 637 g/mol. The van der Waals surface area contributed by atoms with Crippen molar-refractivity contribution in [2.24, 2.45) is 0 Å². The van der Waals surface area contributed by atoms with E-state index in [0.29, 0.717) is 26.6 Å². The van der Waals surface area contributed by atoms with Crippen molar-refractivity contribution in [2.45, 2.75) is 37.4 Å². The normalized spacial score (nSPS) is 9.15. The van der Waals surface area contributed by atoms with Crippen molar-refractivity contribution in [3.8, 4) is 0 Å². The number of thiol groups is 1. The summed E-state index contributed by atoms with van der Waals surface area (Å²) in [4.78, 5) is 41.4. The second-order valence-electron chi connectivity index (χ2n) is 6.08. The number of nitro groups is 3. The molecule has 0 radical (unpaired) electrons. The number of aromatic nitrogens is 3. The Morgan fingerprint density at radius 1 is 0.634 bits per heavy atom. The van der Waals surface area contributed by atoms with Crippen molar-refractivity contribution < 1.29 is 25.0 Å². The third-order valence-corrected chi connectivity index (χ3v) is 8.05. The molecule has 0 saturated carbocycles. The van der Waals surface area contributed by atoms with E-state index in [0.717, 1.165) is 0 Å². The van der Waals surface area contributed by atoms with Gasteiger partial charge in [0, 0.05) is 29.7 Å². The summed E-state index contributed by atoms with van der Waals surface area (Å²) in [7, 11) is 5.36. The second-order valence-corrected chi connectivity index (χ2v) is 11.1. The molecule has 0 aromatic carbocycles. The van der Waals surface area contributed by atoms with Gasteiger partial charge in [0.05, 0.1) is 28.0 Å². The zero-order valence-corrected chi connectivity index (χ0v) is 23.3. The molecule has 14 nitrogen and oxygen atoms in total. The van der Waals surface area contributed by atoms with Crippen molar-refractivity contribution in [3.63, 3.8) is 0 Å². The summed E-state index contributed by atoms with van der Waals surface area (Å²) in [5, 5.41) is 49.4. The van der Waals surface area contributed by atoms with Gasteiger partial charge in [-0.15, -0.1) is 0 Å². The summed E-state index contributed by atoms with van der Waals surface area (Å²) < 4.78 is 0. The Kier molecular flexibility index (Phi) is 26.2. The zero-order chi connectivity index (χ0) is 28.3. The first-order chi connectivity index (χ1) is 18.2. The van der Waals surface area contributed by atoms with Gasteiger partial charge in [-0.05, 0) is 50.6 Å². The smallest absolute Gasteiger partial charge is 0.287 e. The van der Waals surface area contributed by atoms with Crippen LogP contribution in [0.15, 0.2) is 70.1 Å². The Labute approximate surface area is 259 Å². The molecule has 0 fully saturated rings.